The molecule has 0 bridgehead atoms. The van der Waals surface area contributed by atoms with Gasteiger partial charge in [0.1, 0.15) is 0 Å². The zero-order valence-electron chi connectivity index (χ0n) is 5.74. The van der Waals surface area contributed by atoms with E-state index in [1.165, 1.54) is 8.79 Å². The van der Waals surface area contributed by atoms with Gasteiger partial charge < -0.3 is 0 Å². The van der Waals surface area contributed by atoms with Gasteiger partial charge in [-0.1, -0.05) is 0 Å². The summed E-state index contributed by atoms with van der Waals surface area (Å²) in [7, 11) is 0. The van der Waals surface area contributed by atoms with Gasteiger partial charge in [-0.15, -0.1) is 0 Å². The summed E-state index contributed by atoms with van der Waals surface area (Å²) < 4.78 is 3.52. The molecule has 0 spiro atoms. The standard InChI is InChI=1S/C9H5NTe/c10-6-8-3-1-2-7-4-5-11-9(7)8/h1-5H. The molecule has 1 nitrogen and oxygen atoms in total. The SMILES string of the molecule is N#Cc1cccc2cc[te]c12. The van der Waals surface area contributed by atoms with Crippen molar-refractivity contribution >= 4 is 29.2 Å². The molecule has 52 valence electrons. The van der Waals surface area contributed by atoms with Gasteiger partial charge in [-0.2, -0.15) is 0 Å². The third-order valence-corrected chi connectivity index (χ3v) is 4.35. The van der Waals surface area contributed by atoms with Crippen molar-refractivity contribution in [2.45, 2.75) is 0 Å². The molecule has 2 aromatic rings. The Bertz CT molecular complexity index is 422. The van der Waals surface area contributed by atoms with Gasteiger partial charge in [-0.25, -0.2) is 0 Å². The zero-order valence-corrected chi connectivity index (χ0v) is 8.07. The van der Waals surface area contributed by atoms with Gasteiger partial charge >= 0.3 is 74.5 Å². The molecule has 0 amide bonds. The van der Waals surface area contributed by atoms with Crippen molar-refractivity contribution in [2.75, 3.05) is 0 Å². The minimum atomic E-state index is -0.177. The van der Waals surface area contributed by atoms with Crippen LogP contribution in [0.25, 0.3) is 8.79 Å². The van der Waals surface area contributed by atoms with Gasteiger partial charge in [0.15, 0.2) is 0 Å². The van der Waals surface area contributed by atoms with E-state index in [0.29, 0.717) is 0 Å². The fourth-order valence-electron chi connectivity index (χ4n) is 1.08. The van der Waals surface area contributed by atoms with E-state index in [1.54, 1.807) is 0 Å². The molecule has 0 aliphatic heterocycles. The van der Waals surface area contributed by atoms with Crippen LogP contribution in [-0.4, -0.2) is 20.4 Å². The number of rotatable bonds is 0. The summed E-state index contributed by atoms with van der Waals surface area (Å²) in [6.07, 6.45) is 0. The van der Waals surface area contributed by atoms with E-state index in [4.69, 9.17) is 5.26 Å². The van der Waals surface area contributed by atoms with Crippen LogP contribution in [0, 0.1) is 11.3 Å². The van der Waals surface area contributed by atoms with Crippen LogP contribution in [0.3, 0.4) is 0 Å². The third-order valence-electron chi connectivity index (χ3n) is 1.60. The minimum absolute atomic E-state index is 0.177. The molecule has 2 heteroatoms. The van der Waals surface area contributed by atoms with Crippen LogP contribution in [0.1, 0.15) is 5.56 Å². The van der Waals surface area contributed by atoms with E-state index in [9.17, 15) is 0 Å². The van der Waals surface area contributed by atoms with Crippen LogP contribution in [0.5, 0.6) is 0 Å². The van der Waals surface area contributed by atoms with Crippen LogP contribution in [-0.2, 0) is 0 Å². The Morgan fingerprint density at radius 2 is 2.18 bits per heavy atom. The molecule has 0 saturated carbocycles. The second-order valence-corrected chi connectivity index (χ2v) is 4.87. The van der Waals surface area contributed by atoms with E-state index in [0.717, 1.165) is 5.56 Å². The Hall–Kier alpha value is -0.760. The third kappa shape index (κ3) is 1.07. The average Bonchev–Trinajstić information content (AvgIpc) is 2.50. The molecule has 0 saturated heterocycles. The Balaban J connectivity index is 2.92. The molecule has 11 heavy (non-hydrogen) atoms. The second kappa shape index (κ2) is 2.70. The van der Waals surface area contributed by atoms with E-state index in [-0.39, 0.29) is 20.4 Å². The molecule has 0 unspecified atom stereocenters. The van der Waals surface area contributed by atoms with E-state index in [2.05, 4.69) is 22.3 Å². The van der Waals surface area contributed by atoms with Crippen LogP contribution < -0.4 is 0 Å². The van der Waals surface area contributed by atoms with Gasteiger partial charge in [0.05, 0.1) is 0 Å². The summed E-state index contributed by atoms with van der Waals surface area (Å²) in [5.74, 6) is 0. The first-order valence-electron chi connectivity index (χ1n) is 3.28. The van der Waals surface area contributed by atoms with Crippen molar-refractivity contribution in [3.8, 4) is 6.07 Å². The van der Waals surface area contributed by atoms with Crippen molar-refractivity contribution in [3.05, 3.63) is 33.9 Å². The molecule has 0 atom stereocenters. The summed E-state index contributed by atoms with van der Waals surface area (Å²) in [4.78, 5) is 0. The number of nitriles is 1. The summed E-state index contributed by atoms with van der Waals surface area (Å²) in [6, 6.07) is 10.3. The molecule has 1 heterocycles. The Labute approximate surface area is 74.5 Å². The van der Waals surface area contributed by atoms with Gasteiger partial charge in [0.2, 0.25) is 0 Å². The molecule has 0 aliphatic carbocycles. The predicted molar refractivity (Wildman–Crippen MR) is 45.6 cm³/mol. The first kappa shape index (κ1) is 6.92. The van der Waals surface area contributed by atoms with Crippen molar-refractivity contribution in [3.63, 3.8) is 0 Å². The first-order chi connectivity index (χ1) is 5.42. The fourth-order valence-corrected chi connectivity index (χ4v) is 3.55. The number of hydrogen-bond donors (Lipinski definition) is 0. The summed E-state index contributed by atoms with van der Waals surface area (Å²) in [5, 5.41) is 10.0. The van der Waals surface area contributed by atoms with E-state index < -0.39 is 0 Å². The summed E-state index contributed by atoms with van der Waals surface area (Å²) in [6.45, 7) is 0. The Morgan fingerprint density at radius 3 is 3.00 bits per heavy atom. The van der Waals surface area contributed by atoms with Gasteiger partial charge in [-0.05, 0) is 0 Å². The monoisotopic (exact) mass is 257 g/mol. The maximum absolute atomic E-state index is 8.74. The van der Waals surface area contributed by atoms with Crippen LogP contribution in [0.15, 0.2) is 28.3 Å². The predicted octanol–water partition coefficient (Wildman–Crippen LogP) is 1.77. The van der Waals surface area contributed by atoms with Crippen LogP contribution >= 0.6 is 0 Å². The fraction of sp³-hybridized carbons (Fsp3) is 0. The van der Waals surface area contributed by atoms with Crippen molar-refractivity contribution in [2.24, 2.45) is 0 Å². The molecule has 1 aromatic carbocycles. The van der Waals surface area contributed by atoms with Crippen molar-refractivity contribution in [1.82, 2.24) is 0 Å². The van der Waals surface area contributed by atoms with Crippen LogP contribution in [0.4, 0.5) is 0 Å². The van der Waals surface area contributed by atoms with Crippen LogP contribution in [0.2, 0.25) is 0 Å². The topological polar surface area (TPSA) is 23.8 Å². The normalized spacial score (nSPS) is 9.73. The molecule has 0 radical (unpaired) electrons. The Morgan fingerprint density at radius 1 is 1.27 bits per heavy atom. The van der Waals surface area contributed by atoms with Gasteiger partial charge in [0.25, 0.3) is 0 Å². The molecule has 2 rings (SSSR count). The quantitative estimate of drug-likeness (QED) is 0.658. The molecule has 0 fully saturated rings. The van der Waals surface area contributed by atoms with E-state index in [1.807, 2.05) is 12.1 Å². The molecular weight excluding hydrogens is 250 g/mol. The molecule has 0 aliphatic rings. The van der Waals surface area contributed by atoms with Crippen molar-refractivity contribution < 1.29 is 0 Å². The number of nitrogens with zero attached hydrogens (tertiary/aromatic N) is 1. The second-order valence-electron chi connectivity index (χ2n) is 2.26. The number of benzene rings is 1. The summed E-state index contributed by atoms with van der Waals surface area (Å²) in [5.41, 5.74) is 0.870. The maximum atomic E-state index is 8.74. The average molecular weight is 255 g/mol. The number of hydrogen-bond acceptors (Lipinski definition) is 1. The van der Waals surface area contributed by atoms with Gasteiger partial charge in [0, 0.05) is 0 Å². The van der Waals surface area contributed by atoms with Gasteiger partial charge in [-0.3, -0.25) is 0 Å². The molecular formula is C9H5NTe. The zero-order chi connectivity index (χ0) is 7.68. The van der Waals surface area contributed by atoms with Crippen molar-refractivity contribution in [1.29, 1.82) is 5.26 Å². The number of fused-ring (bicyclic) bond motifs is 1. The summed E-state index contributed by atoms with van der Waals surface area (Å²) >= 11 is -0.177. The first-order valence-corrected chi connectivity index (χ1v) is 5.79. The molecule has 0 N–H and O–H groups in total. The molecule has 1 aromatic heterocycles. The Kier molecular flexibility index (Phi) is 1.70. The van der Waals surface area contributed by atoms with E-state index >= 15 is 0 Å².